The lowest BCUT2D eigenvalue weighted by Crippen LogP contribution is -2.36. The molecule has 0 amide bonds. The van der Waals surface area contributed by atoms with Crippen molar-refractivity contribution < 1.29 is 8.42 Å². The first kappa shape index (κ1) is 14.4. The van der Waals surface area contributed by atoms with E-state index in [9.17, 15) is 8.42 Å². The Kier molecular flexibility index (Phi) is 4.23. The highest BCUT2D eigenvalue weighted by molar-refractivity contribution is 7.89. The van der Waals surface area contributed by atoms with Crippen molar-refractivity contribution in [2.75, 3.05) is 0 Å². The number of nitrogens with one attached hydrogen (secondary N) is 1. The molecule has 104 valence electrons. The molecule has 1 aliphatic rings. The van der Waals surface area contributed by atoms with Crippen LogP contribution in [0.5, 0.6) is 0 Å². The van der Waals surface area contributed by atoms with E-state index in [-0.39, 0.29) is 15.9 Å². The van der Waals surface area contributed by atoms with Gasteiger partial charge in [-0.25, -0.2) is 13.1 Å². The summed E-state index contributed by atoms with van der Waals surface area (Å²) in [7, 11) is -3.50. The fraction of sp³-hybridized carbons (Fsp3) is 0.462. The standard InChI is InChI=1S/C13H18N2O2S2/c1-9-4-2-7-12(9)15-19(16,17)11-6-3-5-10(8-11)13(14)18/h3,5-6,8-9,12,15H,2,4,7H2,1H3,(H2,14,18). The summed E-state index contributed by atoms with van der Waals surface area (Å²) in [6.45, 7) is 2.08. The van der Waals surface area contributed by atoms with Crippen molar-refractivity contribution in [1.82, 2.24) is 4.72 Å². The normalized spacial score (nSPS) is 23.4. The molecule has 2 atom stereocenters. The molecule has 1 aromatic carbocycles. The quantitative estimate of drug-likeness (QED) is 0.831. The van der Waals surface area contributed by atoms with Crippen LogP contribution in [0.4, 0.5) is 0 Å². The first-order valence-corrected chi connectivity index (χ1v) is 8.21. The predicted octanol–water partition coefficient (Wildman–Crippen LogP) is 1.79. The van der Waals surface area contributed by atoms with Crippen LogP contribution >= 0.6 is 12.2 Å². The molecule has 6 heteroatoms. The average Bonchev–Trinajstić information content (AvgIpc) is 2.74. The summed E-state index contributed by atoms with van der Waals surface area (Å²) in [4.78, 5) is 0.420. The molecule has 0 aromatic heterocycles. The van der Waals surface area contributed by atoms with E-state index in [1.54, 1.807) is 18.2 Å². The van der Waals surface area contributed by atoms with Crippen molar-refractivity contribution >= 4 is 27.2 Å². The van der Waals surface area contributed by atoms with E-state index in [0.29, 0.717) is 11.5 Å². The Balaban J connectivity index is 2.24. The van der Waals surface area contributed by atoms with Gasteiger partial charge in [0.15, 0.2) is 0 Å². The molecule has 4 nitrogen and oxygen atoms in total. The Morgan fingerprint density at radius 3 is 2.74 bits per heavy atom. The summed E-state index contributed by atoms with van der Waals surface area (Å²) in [6.07, 6.45) is 3.04. The molecule has 1 aromatic rings. The topological polar surface area (TPSA) is 72.2 Å². The van der Waals surface area contributed by atoms with Crippen molar-refractivity contribution in [2.24, 2.45) is 11.7 Å². The highest BCUT2D eigenvalue weighted by atomic mass is 32.2. The van der Waals surface area contributed by atoms with E-state index >= 15 is 0 Å². The molecular weight excluding hydrogens is 280 g/mol. The minimum atomic E-state index is -3.50. The highest BCUT2D eigenvalue weighted by Crippen LogP contribution is 2.26. The van der Waals surface area contributed by atoms with E-state index in [0.717, 1.165) is 19.3 Å². The minimum absolute atomic E-state index is 0.0264. The van der Waals surface area contributed by atoms with Crippen molar-refractivity contribution in [3.63, 3.8) is 0 Å². The molecule has 0 saturated heterocycles. The third-order valence-corrected chi connectivity index (χ3v) is 5.32. The number of thiocarbonyl (C=S) groups is 1. The summed E-state index contributed by atoms with van der Waals surface area (Å²) in [5.41, 5.74) is 6.09. The molecule has 0 aliphatic heterocycles. The first-order valence-electron chi connectivity index (χ1n) is 6.32. The summed E-state index contributed by atoms with van der Waals surface area (Å²) < 4.78 is 27.4. The van der Waals surface area contributed by atoms with Crippen LogP contribution in [-0.2, 0) is 10.0 Å². The monoisotopic (exact) mass is 298 g/mol. The Bertz CT molecular complexity index is 584. The molecule has 2 rings (SSSR count). The van der Waals surface area contributed by atoms with Crippen LogP contribution < -0.4 is 10.5 Å². The van der Waals surface area contributed by atoms with Gasteiger partial charge in [0.1, 0.15) is 4.99 Å². The molecule has 1 fully saturated rings. The zero-order valence-electron chi connectivity index (χ0n) is 10.8. The molecule has 3 N–H and O–H groups in total. The Hall–Kier alpha value is -0.980. The maximum atomic E-state index is 12.3. The lowest BCUT2D eigenvalue weighted by molar-refractivity contribution is 0.476. The molecule has 0 spiro atoms. The molecule has 0 heterocycles. The molecule has 0 radical (unpaired) electrons. The van der Waals surface area contributed by atoms with Crippen molar-refractivity contribution in [3.05, 3.63) is 29.8 Å². The van der Waals surface area contributed by atoms with E-state index in [1.807, 2.05) is 0 Å². The van der Waals surface area contributed by atoms with Gasteiger partial charge in [0.25, 0.3) is 0 Å². The number of sulfonamides is 1. The average molecular weight is 298 g/mol. The van der Waals surface area contributed by atoms with Crippen molar-refractivity contribution in [3.8, 4) is 0 Å². The van der Waals surface area contributed by atoms with Gasteiger partial charge >= 0.3 is 0 Å². The molecule has 19 heavy (non-hydrogen) atoms. The lowest BCUT2D eigenvalue weighted by Gasteiger charge is -2.17. The van der Waals surface area contributed by atoms with Crippen LogP contribution in [0.1, 0.15) is 31.7 Å². The third kappa shape index (κ3) is 3.32. The van der Waals surface area contributed by atoms with Crippen LogP contribution in [0.2, 0.25) is 0 Å². The van der Waals surface area contributed by atoms with Gasteiger partial charge in [-0.1, -0.05) is 37.7 Å². The SMILES string of the molecule is CC1CCCC1NS(=O)(=O)c1cccc(C(N)=S)c1. The van der Waals surface area contributed by atoms with Gasteiger partial charge in [-0.2, -0.15) is 0 Å². The number of nitrogens with two attached hydrogens (primary N) is 1. The zero-order chi connectivity index (χ0) is 14.0. The van der Waals surface area contributed by atoms with Crippen LogP contribution in [0.15, 0.2) is 29.2 Å². The van der Waals surface area contributed by atoms with Gasteiger partial charge < -0.3 is 5.73 Å². The van der Waals surface area contributed by atoms with Crippen LogP contribution in [0.25, 0.3) is 0 Å². The molecule has 1 aliphatic carbocycles. The summed E-state index contributed by atoms with van der Waals surface area (Å²) in [5.74, 6) is 0.383. The Morgan fingerprint density at radius 2 is 2.16 bits per heavy atom. The first-order chi connectivity index (χ1) is 8.90. The maximum absolute atomic E-state index is 12.3. The van der Waals surface area contributed by atoms with Crippen molar-refractivity contribution in [2.45, 2.75) is 37.1 Å². The van der Waals surface area contributed by atoms with Gasteiger partial charge in [-0.05, 0) is 30.9 Å². The minimum Gasteiger partial charge on any atom is -0.389 e. The second-order valence-electron chi connectivity index (χ2n) is 5.03. The van der Waals surface area contributed by atoms with Gasteiger partial charge in [0.2, 0.25) is 10.0 Å². The predicted molar refractivity (Wildman–Crippen MR) is 79.5 cm³/mol. The molecule has 1 saturated carbocycles. The third-order valence-electron chi connectivity index (χ3n) is 3.60. The Morgan fingerprint density at radius 1 is 1.42 bits per heavy atom. The van der Waals surface area contributed by atoms with E-state index in [2.05, 4.69) is 11.6 Å². The second kappa shape index (κ2) is 5.56. The summed E-state index contributed by atoms with van der Waals surface area (Å²) in [6, 6.07) is 6.47. The lowest BCUT2D eigenvalue weighted by atomic mass is 10.1. The summed E-state index contributed by atoms with van der Waals surface area (Å²) >= 11 is 4.87. The number of hydrogen-bond acceptors (Lipinski definition) is 3. The van der Waals surface area contributed by atoms with Crippen molar-refractivity contribution in [1.29, 1.82) is 0 Å². The van der Waals surface area contributed by atoms with Gasteiger partial charge in [-0.15, -0.1) is 0 Å². The smallest absolute Gasteiger partial charge is 0.240 e. The molecule has 0 bridgehead atoms. The number of hydrogen-bond donors (Lipinski definition) is 2. The second-order valence-corrected chi connectivity index (χ2v) is 7.18. The van der Waals surface area contributed by atoms with E-state index in [4.69, 9.17) is 18.0 Å². The highest BCUT2D eigenvalue weighted by Gasteiger charge is 2.28. The fourth-order valence-electron chi connectivity index (χ4n) is 2.40. The summed E-state index contributed by atoms with van der Waals surface area (Å²) in [5, 5.41) is 0. The molecule has 2 unspecified atom stereocenters. The Labute approximate surface area is 119 Å². The maximum Gasteiger partial charge on any atom is 0.240 e. The largest absolute Gasteiger partial charge is 0.389 e. The van der Waals surface area contributed by atoms with Gasteiger partial charge in [0.05, 0.1) is 4.90 Å². The van der Waals surface area contributed by atoms with Crippen LogP contribution in [0, 0.1) is 5.92 Å². The fourth-order valence-corrected chi connectivity index (χ4v) is 3.96. The van der Waals surface area contributed by atoms with Gasteiger partial charge in [0, 0.05) is 11.6 Å². The van der Waals surface area contributed by atoms with Crippen LogP contribution in [-0.4, -0.2) is 19.4 Å². The zero-order valence-corrected chi connectivity index (χ0v) is 12.4. The number of rotatable bonds is 4. The van der Waals surface area contributed by atoms with Crippen LogP contribution in [0.3, 0.4) is 0 Å². The van der Waals surface area contributed by atoms with Gasteiger partial charge in [-0.3, -0.25) is 0 Å². The van der Waals surface area contributed by atoms with E-state index < -0.39 is 10.0 Å². The molecular formula is C13H18N2O2S2. The number of benzene rings is 1. The van der Waals surface area contributed by atoms with E-state index in [1.165, 1.54) is 6.07 Å².